The van der Waals surface area contributed by atoms with Crippen molar-refractivity contribution in [2.45, 2.75) is 45.4 Å². The Morgan fingerprint density at radius 3 is 2.54 bits per heavy atom. The van der Waals surface area contributed by atoms with Gasteiger partial charge in [-0.15, -0.1) is 11.3 Å². The number of hydrogen-bond acceptors (Lipinski definition) is 5. The minimum Gasteiger partial charge on any atom is -0.338 e. The molecule has 4 rings (SSSR count). The van der Waals surface area contributed by atoms with Gasteiger partial charge in [0.05, 0.1) is 16.6 Å². The first-order valence-corrected chi connectivity index (χ1v) is 9.36. The minimum atomic E-state index is 0.0826. The molecule has 0 N–H and O–H groups in total. The standard InChI is InChI=1S/C18H20N4OS/c1-10-14-11(2)20-16(13-3-4-13)21-17(14)24-15(10)18(23)22-7-5-12(9-19)6-8-22/h12-13H,3-8H2,1-2H3. The Bertz CT molecular complexity index is 854. The highest BCUT2D eigenvalue weighted by atomic mass is 32.1. The van der Waals surface area contributed by atoms with Gasteiger partial charge in [-0.05, 0) is 45.1 Å². The molecule has 1 aliphatic carbocycles. The molecule has 1 saturated heterocycles. The largest absolute Gasteiger partial charge is 0.338 e. The van der Waals surface area contributed by atoms with Gasteiger partial charge in [-0.3, -0.25) is 4.79 Å². The van der Waals surface area contributed by atoms with Crippen LogP contribution < -0.4 is 0 Å². The van der Waals surface area contributed by atoms with Gasteiger partial charge < -0.3 is 4.90 Å². The molecule has 5 nitrogen and oxygen atoms in total. The van der Waals surface area contributed by atoms with Crippen LogP contribution in [0, 0.1) is 31.1 Å². The third kappa shape index (κ3) is 2.57. The predicted molar refractivity (Wildman–Crippen MR) is 93.1 cm³/mol. The fourth-order valence-electron chi connectivity index (χ4n) is 3.44. The maximum Gasteiger partial charge on any atom is 0.264 e. The Morgan fingerprint density at radius 1 is 1.21 bits per heavy atom. The van der Waals surface area contributed by atoms with Crippen LogP contribution in [-0.4, -0.2) is 33.9 Å². The van der Waals surface area contributed by atoms with Gasteiger partial charge in [0.15, 0.2) is 0 Å². The highest BCUT2D eigenvalue weighted by Gasteiger charge is 2.30. The number of hydrogen-bond donors (Lipinski definition) is 0. The SMILES string of the molecule is Cc1nc(C2CC2)nc2sc(C(=O)N3CCC(C#N)CC3)c(C)c12. The molecule has 6 heteroatoms. The van der Waals surface area contributed by atoms with Gasteiger partial charge in [-0.1, -0.05) is 0 Å². The van der Waals surface area contributed by atoms with E-state index in [2.05, 4.69) is 11.1 Å². The lowest BCUT2D eigenvalue weighted by atomic mass is 9.98. The van der Waals surface area contributed by atoms with E-state index in [0.29, 0.717) is 19.0 Å². The lowest BCUT2D eigenvalue weighted by molar-refractivity contribution is 0.0711. The van der Waals surface area contributed by atoms with E-state index in [-0.39, 0.29) is 11.8 Å². The summed E-state index contributed by atoms with van der Waals surface area (Å²) in [7, 11) is 0. The number of fused-ring (bicyclic) bond motifs is 1. The molecular weight excluding hydrogens is 320 g/mol. The minimum absolute atomic E-state index is 0.0826. The molecule has 0 bridgehead atoms. The van der Waals surface area contributed by atoms with E-state index in [1.807, 2.05) is 18.7 Å². The molecule has 2 aromatic rings. The van der Waals surface area contributed by atoms with Crippen LogP contribution in [-0.2, 0) is 0 Å². The lowest BCUT2D eigenvalue weighted by Gasteiger charge is -2.28. The summed E-state index contributed by atoms with van der Waals surface area (Å²) >= 11 is 1.50. The Labute approximate surface area is 145 Å². The maximum absolute atomic E-state index is 12.9. The first-order chi connectivity index (χ1) is 11.6. The van der Waals surface area contributed by atoms with E-state index in [4.69, 9.17) is 10.2 Å². The van der Waals surface area contributed by atoms with E-state index >= 15 is 0 Å². The Balaban J connectivity index is 1.67. The van der Waals surface area contributed by atoms with Crippen molar-refractivity contribution in [2.75, 3.05) is 13.1 Å². The van der Waals surface area contributed by atoms with Gasteiger partial charge in [-0.25, -0.2) is 9.97 Å². The second-order valence-corrected chi connectivity index (χ2v) is 7.87. The van der Waals surface area contributed by atoms with E-state index in [9.17, 15) is 4.79 Å². The van der Waals surface area contributed by atoms with Crippen molar-refractivity contribution < 1.29 is 4.79 Å². The Kier molecular flexibility index (Phi) is 3.76. The number of piperidine rings is 1. The number of carbonyl (C=O) groups is 1. The molecule has 2 aromatic heterocycles. The van der Waals surface area contributed by atoms with E-state index < -0.39 is 0 Å². The summed E-state index contributed by atoms with van der Waals surface area (Å²) in [4.78, 5) is 25.9. The Morgan fingerprint density at radius 2 is 1.92 bits per heavy atom. The van der Waals surface area contributed by atoms with Gasteiger partial charge in [-0.2, -0.15) is 5.26 Å². The van der Waals surface area contributed by atoms with Crippen molar-refractivity contribution in [1.29, 1.82) is 5.26 Å². The smallest absolute Gasteiger partial charge is 0.264 e. The van der Waals surface area contributed by atoms with Crippen LogP contribution in [0.4, 0.5) is 0 Å². The number of aryl methyl sites for hydroxylation is 2. The number of aromatic nitrogens is 2. The summed E-state index contributed by atoms with van der Waals surface area (Å²) in [6.07, 6.45) is 3.90. The zero-order valence-electron chi connectivity index (χ0n) is 14.0. The number of nitrogens with zero attached hydrogens (tertiary/aromatic N) is 4. The van der Waals surface area contributed by atoms with Gasteiger partial charge in [0.1, 0.15) is 10.7 Å². The third-order valence-corrected chi connectivity index (χ3v) is 6.26. The van der Waals surface area contributed by atoms with Gasteiger partial charge in [0.25, 0.3) is 5.91 Å². The summed E-state index contributed by atoms with van der Waals surface area (Å²) in [5.74, 6) is 1.63. The predicted octanol–water partition coefficient (Wildman–Crippen LogP) is 3.56. The van der Waals surface area contributed by atoms with Crippen molar-refractivity contribution in [3.05, 3.63) is 22.0 Å². The molecule has 1 saturated carbocycles. The third-order valence-electron chi connectivity index (χ3n) is 5.09. The van der Waals surface area contributed by atoms with Crippen molar-refractivity contribution in [3.8, 4) is 6.07 Å². The first kappa shape index (κ1) is 15.5. The molecule has 124 valence electrons. The van der Waals surface area contributed by atoms with Crippen molar-refractivity contribution in [1.82, 2.24) is 14.9 Å². The average molecular weight is 340 g/mol. The monoisotopic (exact) mass is 340 g/mol. The van der Waals surface area contributed by atoms with Gasteiger partial charge in [0, 0.05) is 30.3 Å². The zero-order chi connectivity index (χ0) is 16.8. The number of amides is 1. The van der Waals surface area contributed by atoms with Crippen LogP contribution in [0.3, 0.4) is 0 Å². The average Bonchev–Trinajstić information content (AvgIpc) is 3.38. The van der Waals surface area contributed by atoms with Crippen LogP contribution in [0.1, 0.15) is 58.4 Å². The van der Waals surface area contributed by atoms with Crippen molar-refractivity contribution >= 4 is 27.5 Å². The van der Waals surface area contributed by atoms with Gasteiger partial charge >= 0.3 is 0 Å². The summed E-state index contributed by atoms with van der Waals surface area (Å²) in [5, 5.41) is 10.1. The van der Waals surface area contributed by atoms with E-state index in [0.717, 1.165) is 45.0 Å². The molecular formula is C18H20N4OS. The molecule has 1 aliphatic heterocycles. The number of carbonyl (C=O) groups excluding carboxylic acids is 1. The number of likely N-dealkylation sites (tertiary alicyclic amines) is 1. The molecule has 3 heterocycles. The van der Waals surface area contributed by atoms with Crippen molar-refractivity contribution in [3.63, 3.8) is 0 Å². The summed E-state index contributed by atoms with van der Waals surface area (Å²) in [6, 6.07) is 2.31. The van der Waals surface area contributed by atoms with Crippen LogP contribution >= 0.6 is 11.3 Å². The van der Waals surface area contributed by atoms with Crippen LogP contribution in [0.5, 0.6) is 0 Å². The molecule has 0 radical (unpaired) electrons. The summed E-state index contributed by atoms with van der Waals surface area (Å²) < 4.78 is 0. The molecule has 0 unspecified atom stereocenters. The molecule has 0 spiro atoms. The summed E-state index contributed by atoms with van der Waals surface area (Å²) in [6.45, 7) is 5.36. The molecule has 2 aliphatic rings. The van der Waals surface area contributed by atoms with Crippen LogP contribution in [0.15, 0.2) is 0 Å². The fourth-order valence-corrected chi connectivity index (χ4v) is 4.65. The maximum atomic E-state index is 12.9. The van der Waals surface area contributed by atoms with Crippen LogP contribution in [0.2, 0.25) is 0 Å². The number of nitriles is 1. The number of thiophene rings is 1. The number of rotatable bonds is 2. The second-order valence-electron chi connectivity index (χ2n) is 6.87. The first-order valence-electron chi connectivity index (χ1n) is 8.55. The quantitative estimate of drug-likeness (QED) is 0.838. The van der Waals surface area contributed by atoms with E-state index in [1.54, 1.807) is 0 Å². The highest BCUT2D eigenvalue weighted by Crippen LogP contribution is 2.40. The molecule has 0 atom stereocenters. The molecule has 1 amide bonds. The molecule has 0 aromatic carbocycles. The van der Waals surface area contributed by atoms with Gasteiger partial charge in [0.2, 0.25) is 0 Å². The summed E-state index contributed by atoms with van der Waals surface area (Å²) in [5.41, 5.74) is 1.99. The molecule has 24 heavy (non-hydrogen) atoms. The normalized spacial score (nSPS) is 18.8. The highest BCUT2D eigenvalue weighted by molar-refractivity contribution is 7.20. The topological polar surface area (TPSA) is 69.9 Å². The molecule has 2 fully saturated rings. The fraction of sp³-hybridized carbons (Fsp3) is 0.556. The zero-order valence-corrected chi connectivity index (χ0v) is 14.8. The van der Waals surface area contributed by atoms with E-state index in [1.165, 1.54) is 24.2 Å². The van der Waals surface area contributed by atoms with Crippen molar-refractivity contribution in [2.24, 2.45) is 5.92 Å². The lowest BCUT2D eigenvalue weighted by Crippen LogP contribution is -2.38. The second kappa shape index (κ2) is 5.82. The Hall–Kier alpha value is -2.00. The van der Waals surface area contributed by atoms with Crippen LogP contribution in [0.25, 0.3) is 10.2 Å².